The average Bonchev–Trinajstić information content (AvgIpc) is 2.83. The van der Waals surface area contributed by atoms with E-state index in [0.717, 1.165) is 37.4 Å². The van der Waals surface area contributed by atoms with Gasteiger partial charge in [-0.25, -0.2) is 4.98 Å². The molecule has 0 saturated heterocycles. The summed E-state index contributed by atoms with van der Waals surface area (Å²) in [5.74, 6) is 0.997. The maximum Gasteiger partial charge on any atom is 0.181 e. The molecule has 2 rings (SSSR count). The van der Waals surface area contributed by atoms with Crippen LogP contribution in [-0.4, -0.2) is 11.5 Å². The van der Waals surface area contributed by atoms with Gasteiger partial charge in [-0.1, -0.05) is 36.8 Å². The van der Waals surface area contributed by atoms with Crippen molar-refractivity contribution in [1.82, 2.24) is 10.3 Å². The SMILES string of the molecule is CCNCc1ncoc1CCc1ccc(C)cc1. The molecule has 1 aromatic heterocycles. The van der Waals surface area contributed by atoms with Gasteiger partial charge in [-0.05, 0) is 25.5 Å². The van der Waals surface area contributed by atoms with E-state index >= 15 is 0 Å². The molecule has 0 radical (unpaired) electrons. The summed E-state index contributed by atoms with van der Waals surface area (Å²) in [6, 6.07) is 8.65. The molecule has 0 unspecified atom stereocenters. The lowest BCUT2D eigenvalue weighted by molar-refractivity contribution is 0.498. The number of nitrogens with zero attached hydrogens (tertiary/aromatic N) is 1. The molecule has 3 nitrogen and oxygen atoms in total. The number of benzene rings is 1. The molecule has 0 aliphatic rings. The molecule has 0 fully saturated rings. The molecule has 0 saturated carbocycles. The molecule has 0 amide bonds. The molecule has 2 aromatic rings. The highest BCUT2D eigenvalue weighted by molar-refractivity contribution is 5.22. The Labute approximate surface area is 108 Å². The second kappa shape index (κ2) is 6.36. The Balaban J connectivity index is 1.93. The largest absolute Gasteiger partial charge is 0.448 e. The van der Waals surface area contributed by atoms with Crippen LogP contribution in [0.4, 0.5) is 0 Å². The van der Waals surface area contributed by atoms with E-state index in [-0.39, 0.29) is 0 Å². The van der Waals surface area contributed by atoms with Crippen molar-refractivity contribution in [3.8, 4) is 0 Å². The van der Waals surface area contributed by atoms with Gasteiger partial charge in [-0.15, -0.1) is 0 Å². The molecule has 0 aliphatic heterocycles. The highest BCUT2D eigenvalue weighted by Crippen LogP contribution is 2.12. The minimum atomic E-state index is 0.788. The average molecular weight is 244 g/mol. The number of oxazole rings is 1. The quantitative estimate of drug-likeness (QED) is 0.849. The summed E-state index contributed by atoms with van der Waals surface area (Å²) in [4.78, 5) is 4.25. The normalized spacial score (nSPS) is 10.8. The van der Waals surface area contributed by atoms with Crippen LogP contribution in [0.15, 0.2) is 35.1 Å². The van der Waals surface area contributed by atoms with E-state index in [9.17, 15) is 0 Å². The van der Waals surface area contributed by atoms with Crippen molar-refractivity contribution in [1.29, 1.82) is 0 Å². The molecule has 18 heavy (non-hydrogen) atoms. The Kier molecular flexibility index (Phi) is 4.53. The molecule has 0 atom stereocenters. The van der Waals surface area contributed by atoms with Crippen LogP contribution in [0.25, 0.3) is 0 Å². The third-order valence-electron chi connectivity index (χ3n) is 3.03. The summed E-state index contributed by atoms with van der Waals surface area (Å²) < 4.78 is 5.46. The van der Waals surface area contributed by atoms with Crippen molar-refractivity contribution >= 4 is 0 Å². The van der Waals surface area contributed by atoms with E-state index < -0.39 is 0 Å². The lowest BCUT2D eigenvalue weighted by Gasteiger charge is -2.03. The summed E-state index contributed by atoms with van der Waals surface area (Å²) in [6.07, 6.45) is 3.44. The van der Waals surface area contributed by atoms with Gasteiger partial charge < -0.3 is 9.73 Å². The van der Waals surface area contributed by atoms with E-state index in [0.29, 0.717) is 0 Å². The number of hydrogen-bond acceptors (Lipinski definition) is 3. The third kappa shape index (κ3) is 3.44. The zero-order valence-corrected chi connectivity index (χ0v) is 11.1. The zero-order chi connectivity index (χ0) is 12.8. The summed E-state index contributed by atoms with van der Waals surface area (Å²) >= 11 is 0. The van der Waals surface area contributed by atoms with Crippen molar-refractivity contribution in [2.45, 2.75) is 33.2 Å². The molecule has 0 bridgehead atoms. The van der Waals surface area contributed by atoms with E-state index in [2.05, 4.69) is 48.4 Å². The van der Waals surface area contributed by atoms with Crippen molar-refractivity contribution < 1.29 is 4.42 Å². The maximum absolute atomic E-state index is 5.46. The van der Waals surface area contributed by atoms with Crippen LogP contribution in [0, 0.1) is 6.92 Å². The van der Waals surface area contributed by atoms with Gasteiger partial charge in [-0.2, -0.15) is 0 Å². The maximum atomic E-state index is 5.46. The molecule has 1 N–H and O–H groups in total. The van der Waals surface area contributed by atoms with Crippen molar-refractivity contribution in [3.63, 3.8) is 0 Å². The predicted molar refractivity (Wildman–Crippen MR) is 72.5 cm³/mol. The summed E-state index contributed by atoms with van der Waals surface area (Å²) in [7, 11) is 0. The molecule has 1 aromatic carbocycles. The molecule has 3 heteroatoms. The lowest BCUT2D eigenvalue weighted by Crippen LogP contribution is -2.13. The number of rotatable bonds is 6. The topological polar surface area (TPSA) is 38.1 Å². The molecular weight excluding hydrogens is 224 g/mol. The molecule has 0 aliphatic carbocycles. The number of hydrogen-bond donors (Lipinski definition) is 1. The summed E-state index contributed by atoms with van der Waals surface area (Å²) in [6.45, 7) is 5.93. The Bertz CT molecular complexity index is 473. The molecule has 1 heterocycles. The molecule has 0 spiro atoms. The standard InChI is InChI=1S/C15H20N2O/c1-3-16-10-14-15(18-11-17-14)9-8-13-6-4-12(2)5-7-13/h4-7,11,16H,3,8-10H2,1-2H3. The van der Waals surface area contributed by atoms with E-state index in [1.165, 1.54) is 17.5 Å². The Hall–Kier alpha value is -1.61. The first-order valence-electron chi connectivity index (χ1n) is 6.47. The van der Waals surface area contributed by atoms with Crippen LogP contribution in [-0.2, 0) is 19.4 Å². The van der Waals surface area contributed by atoms with E-state index in [4.69, 9.17) is 4.42 Å². The van der Waals surface area contributed by atoms with Gasteiger partial charge >= 0.3 is 0 Å². The summed E-state index contributed by atoms with van der Waals surface area (Å²) in [5, 5.41) is 3.27. The van der Waals surface area contributed by atoms with Gasteiger partial charge in [0.15, 0.2) is 6.39 Å². The Morgan fingerprint density at radius 1 is 1.17 bits per heavy atom. The highest BCUT2D eigenvalue weighted by atomic mass is 16.3. The predicted octanol–water partition coefficient (Wildman–Crippen LogP) is 2.88. The fourth-order valence-electron chi connectivity index (χ4n) is 1.90. The second-order valence-corrected chi connectivity index (χ2v) is 4.49. The lowest BCUT2D eigenvalue weighted by atomic mass is 10.1. The molecule has 96 valence electrons. The monoisotopic (exact) mass is 244 g/mol. The van der Waals surface area contributed by atoms with Crippen LogP contribution in [0.5, 0.6) is 0 Å². The van der Waals surface area contributed by atoms with Crippen LogP contribution in [0.1, 0.15) is 29.5 Å². The van der Waals surface area contributed by atoms with Gasteiger partial charge in [0, 0.05) is 13.0 Å². The van der Waals surface area contributed by atoms with E-state index in [1.807, 2.05) is 0 Å². The van der Waals surface area contributed by atoms with Crippen LogP contribution in [0.2, 0.25) is 0 Å². The summed E-state index contributed by atoms with van der Waals surface area (Å²) in [5.41, 5.74) is 3.67. The number of aryl methyl sites for hydroxylation is 3. The zero-order valence-electron chi connectivity index (χ0n) is 11.1. The first-order chi connectivity index (χ1) is 8.79. The fourth-order valence-corrected chi connectivity index (χ4v) is 1.90. The number of aromatic nitrogens is 1. The molecular formula is C15H20N2O. The fraction of sp³-hybridized carbons (Fsp3) is 0.400. The van der Waals surface area contributed by atoms with Gasteiger partial charge in [-0.3, -0.25) is 0 Å². The van der Waals surface area contributed by atoms with E-state index in [1.54, 1.807) is 0 Å². The van der Waals surface area contributed by atoms with Crippen molar-refractivity contribution in [2.24, 2.45) is 0 Å². The van der Waals surface area contributed by atoms with Gasteiger partial charge in [0.1, 0.15) is 5.76 Å². The van der Waals surface area contributed by atoms with Gasteiger partial charge in [0.2, 0.25) is 0 Å². The van der Waals surface area contributed by atoms with Crippen molar-refractivity contribution in [3.05, 3.63) is 53.2 Å². The van der Waals surface area contributed by atoms with Gasteiger partial charge in [0.25, 0.3) is 0 Å². The van der Waals surface area contributed by atoms with Crippen LogP contribution in [0.3, 0.4) is 0 Å². The minimum Gasteiger partial charge on any atom is -0.448 e. The van der Waals surface area contributed by atoms with Gasteiger partial charge in [0.05, 0.1) is 5.69 Å². The third-order valence-corrected chi connectivity index (χ3v) is 3.03. The number of nitrogens with one attached hydrogen (secondary N) is 1. The highest BCUT2D eigenvalue weighted by Gasteiger charge is 2.07. The smallest absolute Gasteiger partial charge is 0.181 e. The van der Waals surface area contributed by atoms with Crippen molar-refractivity contribution in [2.75, 3.05) is 6.54 Å². The minimum absolute atomic E-state index is 0.788. The Morgan fingerprint density at radius 3 is 2.67 bits per heavy atom. The first kappa shape index (κ1) is 12.8. The Morgan fingerprint density at radius 2 is 1.94 bits per heavy atom. The first-order valence-corrected chi connectivity index (χ1v) is 6.47. The van der Waals surface area contributed by atoms with Crippen LogP contribution >= 0.6 is 0 Å². The second-order valence-electron chi connectivity index (χ2n) is 4.49. The van der Waals surface area contributed by atoms with Crippen LogP contribution < -0.4 is 5.32 Å².